The normalized spacial score (nSPS) is 14.1. The first-order valence-electron chi connectivity index (χ1n) is 10.8. The van der Waals surface area contributed by atoms with Crippen molar-refractivity contribution < 1.29 is 14.3 Å². The van der Waals surface area contributed by atoms with Crippen molar-refractivity contribution in [3.63, 3.8) is 0 Å². The van der Waals surface area contributed by atoms with E-state index in [0.717, 1.165) is 38.0 Å². The number of aliphatic imine (C=N–C) groups is 1. The first kappa shape index (κ1) is 21.9. The molecule has 5 heteroatoms. The van der Waals surface area contributed by atoms with Crippen LogP contribution in [-0.4, -0.2) is 11.9 Å². The zero-order chi connectivity index (χ0) is 23.3. The minimum Gasteiger partial charge on any atom is -0.489 e. The minimum absolute atomic E-state index is 0.268. The van der Waals surface area contributed by atoms with Gasteiger partial charge in [-0.15, -0.1) is 0 Å². The average Bonchev–Trinajstić information content (AvgIpc) is 3.25. The molecule has 0 radical (unpaired) electrons. The van der Waals surface area contributed by atoms with Crippen LogP contribution in [0.1, 0.15) is 16.7 Å². The third-order valence-electron chi connectivity index (χ3n) is 5.40. The molecule has 0 saturated carbocycles. The molecule has 0 amide bonds. The smallest absolute Gasteiger partial charge is 0.363 e. The highest BCUT2D eigenvalue weighted by molar-refractivity contribution is 9.10. The Balaban J connectivity index is 1.28. The predicted octanol–water partition coefficient (Wildman–Crippen LogP) is 7.04. The van der Waals surface area contributed by atoms with Crippen LogP contribution in [0.5, 0.6) is 5.75 Å². The van der Waals surface area contributed by atoms with Gasteiger partial charge in [-0.05, 0) is 53.1 Å². The highest BCUT2D eigenvalue weighted by Gasteiger charge is 2.24. The summed E-state index contributed by atoms with van der Waals surface area (Å²) in [5.41, 5.74) is 5.15. The van der Waals surface area contributed by atoms with Gasteiger partial charge in [0.05, 0.1) is 0 Å². The fraction of sp³-hybridized carbons (Fsp3) is 0.0345. The fourth-order valence-corrected chi connectivity index (χ4v) is 3.96. The van der Waals surface area contributed by atoms with E-state index in [1.54, 1.807) is 6.08 Å². The average molecular weight is 510 g/mol. The molecule has 0 N–H and O–H groups in total. The number of rotatable bonds is 6. The van der Waals surface area contributed by atoms with Crippen LogP contribution in [0.15, 0.2) is 118 Å². The van der Waals surface area contributed by atoms with E-state index in [1.807, 2.05) is 91.0 Å². The number of nitrogens with zero attached hydrogens (tertiary/aromatic N) is 1. The Hall–Kier alpha value is -3.96. The van der Waals surface area contributed by atoms with Crippen molar-refractivity contribution in [1.82, 2.24) is 0 Å². The Morgan fingerprint density at radius 3 is 2.15 bits per heavy atom. The van der Waals surface area contributed by atoms with E-state index in [2.05, 4.69) is 33.1 Å². The van der Waals surface area contributed by atoms with Gasteiger partial charge in [0, 0.05) is 15.6 Å². The van der Waals surface area contributed by atoms with Gasteiger partial charge < -0.3 is 9.47 Å². The molecular formula is C29H20BrNO3. The van der Waals surface area contributed by atoms with E-state index >= 15 is 0 Å². The van der Waals surface area contributed by atoms with Crippen LogP contribution in [0, 0.1) is 0 Å². The van der Waals surface area contributed by atoms with Crippen molar-refractivity contribution in [3.05, 3.63) is 130 Å². The molecule has 0 saturated heterocycles. The summed E-state index contributed by atoms with van der Waals surface area (Å²) in [6.07, 6.45) is 1.71. The van der Waals surface area contributed by atoms with Gasteiger partial charge in [-0.25, -0.2) is 9.79 Å². The fourth-order valence-electron chi connectivity index (χ4n) is 3.56. The number of carbonyl (C=O) groups is 1. The summed E-state index contributed by atoms with van der Waals surface area (Å²) in [7, 11) is 0. The van der Waals surface area contributed by atoms with Gasteiger partial charge in [0.15, 0.2) is 5.70 Å². The molecule has 0 aliphatic carbocycles. The number of carbonyl (C=O) groups excluding carboxylic acids is 1. The van der Waals surface area contributed by atoms with Crippen LogP contribution in [-0.2, 0) is 16.1 Å². The number of ether oxygens (including phenoxy) is 2. The second-order valence-electron chi connectivity index (χ2n) is 7.73. The van der Waals surface area contributed by atoms with Crippen LogP contribution in [0.25, 0.3) is 17.2 Å². The molecule has 0 unspecified atom stereocenters. The lowest BCUT2D eigenvalue weighted by Crippen LogP contribution is -2.05. The van der Waals surface area contributed by atoms with Gasteiger partial charge in [0.2, 0.25) is 5.90 Å². The number of cyclic esters (lactones) is 1. The molecule has 1 aliphatic rings. The van der Waals surface area contributed by atoms with E-state index in [-0.39, 0.29) is 5.70 Å². The standard InChI is InChI=1S/C29H20BrNO3/c30-26-9-5-4-8-24(26)19-33-25-16-10-20(11-17-25)18-27-29(32)34-28(31-27)23-14-12-22(13-15-23)21-6-2-1-3-7-21/h1-18H,19H2/b27-18-. The van der Waals surface area contributed by atoms with Crippen LogP contribution in [0.2, 0.25) is 0 Å². The molecule has 0 spiro atoms. The predicted molar refractivity (Wildman–Crippen MR) is 137 cm³/mol. The highest BCUT2D eigenvalue weighted by Crippen LogP contribution is 2.24. The first-order chi connectivity index (χ1) is 16.7. The van der Waals surface area contributed by atoms with E-state index in [4.69, 9.17) is 9.47 Å². The molecule has 0 aromatic heterocycles. The Kier molecular flexibility index (Phi) is 6.36. The number of halogens is 1. The monoisotopic (exact) mass is 509 g/mol. The van der Waals surface area contributed by atoms with Gasteiger partial charge in [-0.1, -0.05) is 88.7 Å². The number of hydrogen-bond donors (Lipinski definition) is 0. The second-order valence-corrected chi connectivity index (χ2v) is 8.58. The SMILES string of the molecule is O=C1OC(c2ccc(-c3ccccc3)cc2)=N/C1=C\c1ccc(OCc2ccccc2Br)cc1. The molecule has 0 fully saturated rings. The third-order valence-corrected chi connectivity index (χ3v) is 6.17. The van der Waals surface area contributed by atoms with Crippen molar-refractivity contribution in [2.45, 2.75) is 6.61 Å². The Bertz CT molecular complexity index is 1380. The van der Waals surface area contributed by atoms with Crippen molar-refractivity contribution in [2.75, 3.05) is 0 Å². The Morgan fingerprint density at radius 1 is 0.765 bits per heavy atom. The maximum absolute atomic E-state index is 12.4. The van der Waals surface area contributed by atoms with Gasteiger partial charge >= 0.3 is 5.97 Å². The van der Waals surface area contributed by atoms with Crippen LogP contribution >= 0.6 is 15.9 Å². The molecule has 0 bridgehead atoms. The molecular weight excluding hydrogens is 490 g/mol. The molecule has 1 aliphatic heterocycles. The molecule has 166 valence electrons. The lowest BCUT2D eigenvalue weighted by Gasteiger charge is -2.08. The summed E-state index contributed by atoms with van der Waals surface area (Å²) in [5.74, 6) is 0.593. The van der Waals surface area contributed by atoms with E-state index in [9.17, 15) is 4.79 Å². The Labute approximate surface area is 206 Å². The topological polar surface area (TPSA) is 47.9 Å². The lowest BCUT2D eigenvalue weighted by molar-refractivity contribution is -0.129. The van der Waals surface area contributed by atoms with Crippen molar-refractivity contribution in [1.29, 1.82) is 0 Å². The molecule has 4 nitrogen and oxygen atoms in total. The van der Waals surface area contributed by atoms with Crippen LogP contribution < -0.4 is 4.74 Å². The first-order valence-corrected chi connectivity index (χ1v) is 11.6. The third kappa shape index (κ3) is 5.00. The summed E-state index contributed by atoms with van der Waals surface area (Å²) < 4.78 is 12.3. The zero-order valence-corrected chi connectivity index (χ0v) is 19.7. The zero-order valence-electron chi connectivity index (χ0n) is 18.1. The maximum Gasteiger partial charge on any atom is 0.363 e. The second kappa shape index (κ2) is 9.89. The molecule has 4 aromatic carbocycles. The summed E-state index contributed by atoms with van der Waals surface area (Å²) >= 11 is 3.53. The minimum atomic E-state index is -0.462. The number of benzene rings is 4. The quantitative estimate of drug-likeness (QED) is 0.207. The molecule has 0 atom stereocenters. The van der Waals surface area contributed by atoms with Crippen molar-refractivity contribution in [3.8, 4) is 16.9 Å². The van der Waals surface area contributed by atoms with Gasteiger partial charge in [0.25, 0.3) is 0 Å². The number of hydrogen-bond acceptors (Lipinski definition) is 4. The highest BCUT2D eigenvalue weighted by atomic mass is 79.9. The summed E-state index contributed by atoms with van der Waals surface area (Å²) in [4.78, 5) is 16.8. The molecule has 4 aromatic rings. The van der Waals surface area contributed by atoms with E-state index in [1.165, 1.54) is 0 Å². The molecule has 5 rings (SSSR count). The van der Waals surface area contributed by atoms with Crippen molar-refractivity contribution >= 4 is 33.9 Å². The number of esters is 1. The van der Waals surface area contributed by atoms with Gasteiger partial charge in [0.1, 0.15) is 12.4 Å². The van der Waals surface area contributed by atoms with Crippen LogP contribution in [0.3, 0.4) is 0 Å². The summed E-state index contributed by atoms with van der Waals surface area (Å²) in [6.45, 7) is 0.463. The molecule has 34 heavy (non-hydrogen) atoms. The Morgan fingerprint density at radius 2 is 1.41 bits per heavy atom. The lowest BCUT2D eigenvalue weighted by atomic mass is 10.0. The largest absolute Gasteiger partial charge is 0.489 e. The van der Waals surface area contributed by atoms with Gasteiger partial charge in [-0.2, -0.15) is 0 Å². The van der Waals surface area contributed by atoms with Crippen molar-refractivity contribution in [2.24, 2.45) is 4.99 Å². The summed E-state index contributed by atoms with van der Waals surface area (Å²) in [5, 5.41) is 0. The van der Waals surface area contributed by atoms with E-state index in [0.29, 0.717) is 12.5 Å². The summed E-state index contributed by atoms with van der Waals surface area (Å²) in [6, 6.07) is 33.4. The van der Waals surface area contributed by atoms with E-state index < -0.39 is 5.97 Å². The maximum atomic E-state index is 12.4. The molecule has 1 heterocycles. The van der Waals surface area contributed by atoms with Crippen LogP contribution in [0.4, 0.5) is 0 Å². The van der Waals surface area contributed by atoms with Gasteiger partial charge in [-0.3, -0.25) is 0 Å².